The monoisotopic (exact) mass is 1010 g/mol. The van der Waals surface area contributed by atoms with E-state index >= 15 is 0 Å². The second-order valence-electron chi connectivity index (χ2n) is 23.8. The van der Waals surface area contributed by atoms with Crippen molar-refractivity contribution in [2.24, 2.45) is 35.0 Å². The predicted molar refractivity (Wildman–Crippen MR) is 334 cm³/mol. The normalized spacial score (nSPS) is 28.8. The van der Waals surface area contributed by atoms with E-state index in [1.54, 1.807) is 5.57 Å². The summed E-state index contributed by atoms with van der Waals surface area (Å²) in [5.41, 5.74) is 6.04. The molecule has 0 heteroatoms. The molecule has 0 heterocycles. The van der Waals surface area contributed by atoms with Gasteiger partial charge in [-0.1, -0.05) is 225 Å². The van der Waals surface area contributed by atoms with Gasteiger partial charge in [-0.15, -0.1) is 0 Å². The van der Waals surface area contributed by atoms with Gasteiger partial charge in [0.05, 0.1) is 0 Å². The maximum absolute atomic E-state index is 2.52. The van der Waals surface area contributed by atoms with Crippen LogP contribution in [0.5, 0.6) is 0 Å². The van der Waals surface area contributed by atoms with Crippen LogP contribution in [0.4, 0.5) is 0 Å². The van der Waals surface area contributed by atoms with Crippen molar-refractivity contribution in [3.05, 3.63) is 193 Å². The Morgan fingerprint density at radius 3 is 1.27 bits per heavy atom. The van der Waals surface area contributed by atoms with Crippen molar-refractivity contribution in [2.75, 3.05) is 0 Å². The summed E-state index contributed by atoms with van der Waals surface area (Å²) in [4.78, 5) is 0. The number of allylic oxidation sites excluding steroid dienone is 32. The smallest absolute Gasteiger partial charge is 0.00169 e. The molecule has 1 spiro atoms. The lowest BCUT2D eigenvalue weighted by molar-refractivity contribution is 0.226. The number of fused-ring (bicyclic) bond motifs is 4. The zero-order valence-corrected chi connectivity index (χ0v) is 47.8. The van der Waals surface area contributed by atoms with Crippen LogP contribution in [-0.4, -0.2) is 0 Å². The Balaban J connectivity index is 0.000000137. The van der Waals surface area contributed by atoms with Crippen LogP contribution in [0.3, 0.4) is 0 Å². The van der Waals surface area contributed by atoms with Gasteiger partial charge < -0.3 is 0 Å². The zero-order valence-electron chi connectivity index (χ0n) is 47.8. The van der Waals surface area contributed by atoms with Crippen LogP contribution in [-0.2, 0) is 0 Å². The molecule has 4 saturated carbocycles. The highest BCUT2D eigenvalue weighted by Crippen LogP contribution is 2.44. The summed E-state index contributed by atoms with van der Waals surface area (Å²) < 4.78 is 0. The summed E-state index contributed by atoms with van der Waals surface area (Å²) in [5.74, 6) is 4.88. The molecule has 0 aliphatic heterocycles. The van der Waals surface area contributed by atoms with E-state index in [0.29, 0.717) is 5.41 Å². The van der Waals surface area contributed by atoms with Crippen LogP contribution in [0.2, 0.25) is 0 Å². The van der Waals surface area contributed by atoms with Crippen molar-refractivity contribution in [2.45, 2.75) is 238 Å². The molecule has 5 unspecified atom stereocenters. The fraction of sp³-hybridized carbons (Fsp3) is 0.573. The first-order valence-corrected chi connectivity index (χ1v) is 31.9. The third-order valence-corrected chi connectivity index (χ3v) is 17.8. The molecular weight excluding hydrogens is 901 g/mol. The van der Waals surface area contributed by atoms with Gasteiger partial charge >= 0.3 is 0 Å². The number of hydrogen-bond donors (Lipinski definition) is 0. The summed E-state index contributed by atoms with van der Waals surface area (Å²) in [6.45, 7) is 0. The molecule has 0 aromatic carbocycles. The molecule has 408 valence electrons. The van der Waals surface area contributed by atoms with Gasteiger partial charge in [0.15, 0.2) is 0 Å². The maximum atomic E-state index is 2.52. The van der Waals surface area contributed by atoms with Crippen molar-refractivity contribution in [1.82, 2.24) is 0 Å². The van der Waals surface area contributed by atoms with E-state index in [1.165, 1.54) is 218 Å². The topological polar surface area (TPSA) is 0 Å². The van der Waals surface area contributed by atoms with Crippen LogP contribution in [0.1, 0.15) is 238 Å². The van der Waals surface area contributed by atoms with Crippen molar-refractivity contribution >= 4 is 0 Å². The first-order valence-electron chi connectivity index (χ1n) is 31.9. The molecule has 15 aliphatic rings. The standard InChI is InChI=1S/C11H18.C10H16.C9H14.C8H10.C8H8.C7H10.C6H10.C6H8.C5H8.C5H6/c1-3-7-11(8-4-1)9-5-2-6-10-11;1-2-6-10-8-4-3-7-9(10)5-1;1-2-5-9-7-3-6-8(9)4-1;1-3-7-5-2-6-8(7)4-1;1-2-4-6-8-7-5-3-1;1-2-7-4-3-6(1)5-7;2*1-2-4-6-5-3-1;2*1-2-4-5-3-1/h3,7H,1-2,4-6,8-10H2;1-8H2;3,6,8-9H,1-2,4-5,7H2;1,3-4,7H,2,5-6H2;1-8H;1-2,6-7H,3-5H2;1-2H,3-6H2;1-2,5-6H,3-4H2;1-2H,3-5H2;1-4H,5H2/b;;;;2-1-,3-1?,4-2?,5-3-,6-4?,7-5?,8-6?,8-7?;;;;;. The van der Waals surface area contributed by atoms with Crippen LogP contribution < -0.4 is 0 Å². The van der Waals surface area contributed by atoms with Crippen LogP contribution in [0.15, 0.2) is 193 Å². The van der Waals surface area contributed by atoms with Crippen molar-refractivity contribution in [1.29, 1.82) is 0 Å². The molecular formula is C75H108. The Hall–Kier alpha value is -4.16. The highest BCUT2D eigenvalue weighted by atomic mass is 14.3. The zero-order chi connectivity index (χ0) is 51.8. The molecule has 0 nitrogen and oxygen atoms in total. The molecule has 0 aromatic heterocycles. The fourth-order valence-corrected chi connectivity index (χ4v) is 13.3. The van der Waals surface area contributed by atoms with E-state index in [0.717, 1.165) is 48.9 Å². The van der Waals surface area contributed by atoms with E-state index in [9.17, 15) is 0 Å². The number of rotatable bonds is 0. The molecule has 0 amide bonds. The van der Waals surface area contributed by atoms with Crippen LogP contribution in [0, 0.1) is 35.0 Å². The molecule has 75 heavy (non-hydrogen) atoms. The van der Waals surface area contributed by atoms with Gasteiger partial charge in [0.25, 0.3) is 0 Å². The maximum Gasteiger partial charge on any atom is -0.00169 e. The lowest BCUT2D eigenvalue weighted by Crippen LogP contribution is -2.23. The summed E-state index contributed by atoms with van der Waals surface area (Å²) in [5, 5.41) is 0. The third-order valence-electron chi connectivity index (χ3n) is 17.8. The van der Waals surface area contributed by atoms with Gasteiger partial charge in [-0.25, -0.2) is 0 Å². The molecule has 4 fully saturated rings. The van der Waals surface area contributed by atoms with Gasteiger partial charge in [0.2, 0.25) is 0 Å². The Labute approximate surface area is 463 Å². The highest BCUT2D eigenvalue weighted by Gasteiger charge is 2.30. The molecule has 15 aliphatic carbocycles. The summed E-state index contributed by atoms with van der Waals surface area (Å²) >= 11 is 0. The highest BCUT2D eigenvalue weighted by molar-refractivity contribution is 5.29. The van der Waals surface area contributed by atoms with E-state index in [-0.39, 0.29) is 0 Å². The average Bonchev–Trinajstić information content (AvgIpc) is 4.34. The Morgan fingerprint density at radius 1 is 0.333 bits per heavy atom. The fourth-order valence-electron chi connectivity index (χ4n) is 13.3. The van der Waals surface area contributed by atoms with Crippen LogP contribution >= 0.6 is 0 Å². The Kier molecular flexibility index (Phi) is 31.4. The quantitative estimate of drug-likeness (QED) is 0.212. The van der Waals surface area contributed by atoms with Crippen molar-refractivity contribution in [3.8, 4) is 0 Å². The van der Waals surface area contributed by atoms with Crippen molar-refractivity contribution < 1.29 is 0 Å². The van der Waals surface area contributed by atoms with Crippen LogP contribution in [0.25, 0.3) is 0 Å². The van der Waals surface area contributed by atoms with Crippen molar-refractivity contribution in [3.63, 3.8) is 0 Å². The Bertz CT molecular complexity index is 1890. The molecule has 2 bridgehead atoms. The average molecular weight is 1010 g/mol. The third kappa shape index (κ3) is 26.2. The van der Waals surface area contributed by atoms with E-state index < -0.39 is 0 Å². The largest absolute Gasteiger partial charge is 0.0885 e. The van der Waals surface area contributed by atoms with Gasteiger partial charge in [-0.05, 0) is 240 Å². The van der Waals surface area contributed by atoms with E-state index in [2.05, 4.69) is 128 Å². The van der Waals surface area contributed by atoms with Gasteiger partial charge in [0.1, 0.15) is 0 Å². The summed E-state index contributed by atoms with van der Waals surface area (Å²) in [6.07, 6.45) is 116. The SMILES string of the molecule is C1=C/C=C\C=C/C=C1.C1=CC2(CCC1)CCCCC2.C1=CC2CCC1C2.C1=CC2CCCC2=C1.C1=CC2CCCCC2C1.C1=CCC=C1.C1=CCC=CC1.C1=CCCC1.C1=CCCCC1.C1CCC2=C(C1)CCCC2. The minimum atomic E-state index is 0.677. The molecule has 5 atom stereocenters. The molecule has 15 rings (SSSR count). The van der Waals surface area contributed by atoms with E-state index in [1.807, 2.05) is 59.8 Å². The lowest BCUT2D eigenvalue weighted by Gasteiger charge is -2.36. The number of hydrogen-bond acceptors (Lipinski definition) is 0. The second-order valence-corrected chi connectivity index (χ2v) is 23.8. The Morgan fingerprint density at radius 2 is 0.853 bits per heavy atom. The summed E-state index contributed by atoms with van der Waals surface area (Å²) in [6, 6.07) is 0. The van der Waals surface area contributed by atoms with E-state index in [4.69, 9.17) is 0 Å². The molecule has 0 aromatic rings. The molecule has 0 N–H and O–H groups in total. The second kappa shape index (κ2) is 39.2. The van der Waals surface area contributed by atoms with Gasteiger partial charge in [-0.2, -0.15) is 0 Å². The molecule has 0 saturated heterocycles. The minimum absolute atomic E-state index is 0.677. The minimum Gasteiger partial charge on any atom is -0.0885 e. The first kappa shape index (κ1) is 60.1. The lowest BCUT2D eigenvalue weighted by atomic mass is 9.69. The predicted octanol–water partition coefficient (Wildman–Crippen LogP) is 23.6. The first-order chi connectivity index (χ1) is 37.3. The van der Waals surface area contributed by atoms with Gasteiger partial charge in [0, 0.05) is 0 Å². The van der Waals surface area contributed by atoms with Gasteiger partial charge in [-0.3, -0.25) is 0 Å². The summed E-state index contributed by atoms with van der Waals surface area (Å²) in [7, 11) is 0. The molecule has 0 radical (unpaired) electrons.